The molecule has 1 aliphatic rings. The fourth-order valence-electron chi connectivity index (χ4n) is 3.35. The van der Waals surface area contributed by atoms with Gasteiger partial charge in [0.05, 0.1) is 6.04 Å². The highest BCUT2D eigenvalue weighted by molar-refractivity contribution is 5.98. The van der Waals surface area contributed by atoms with Crippen LogP contribution in [0.5, 0.6) is 5.75 Å². The third-order valence-electron chi connectivity index (χ3n) is 4.68. The van der Waals surface area contributed by atoms with Gasteiger partial charge < -0.3 is 21.2 Å². The number of nitrogens with one attached hydrogen (secondary N) is 2. The highest BCUT2D eigenvalue weighted by Crippen LogP contribution is 2.34. The summed E-state index contributed by atoms with van der Waals surface area (Å²) in [7, 11) is 0. The second-order valence-electron chi connectivity index (χ2n) is 6.45. The van der Waals surface area contributed by atoms with Gasteiger partial charge in [-0.25, -0.2) is 0 Å². The van der Waals surface area contributed by atoms with E-state index in [1.165, 1.54) is 18.3 Å². The van der Waals surface area contributed by atoms with Gasteiger partial charge in [-0.1, -0.05) is 12.8 Å². The van der Waals surface area contributed by atoms with Crippen molar-refractivity contribution >= 4 is 23.6 Å². The molecule has 0 unspecified atom stereocenters. The first-order valence-electron chi connectivity index (χ1n) is 8.69. The lowest BCUT2D eigenvalue weighted by atomic mass is 9.85. The number of amides is 1. The van der Waals surface area contributed by atoms with Crippen LogP contribution in [0.3, 0.4) is 0 Å². The average Bonchev–Trinajstić information content (AvgIpc) is 3.07. The number of benzene rings is 1. The first kappa shape index (κ1) is 18.8. The largest absolute Gasteiger partial charge is 0.435 e. The summed E-state index contributed by atoms with van der Waals surface area (Å²) in [4.78, 5) is 11.8. The van der Waals surface area contributed by atoms with E-state index in [4.69, 9.17) is 11.1 Å². The van der Waals surface area contributed by atoms with E-state index in [0.717, 1.165) is 25.7 Å². The molecule has 144 valence electrons. The van der Waals surface area contributed by atoms with E-state index in [9.17, 15) is 13.6 Å². The molecule has 1 heterocycles. The number of rotatable bonds is 7. The number of alkyl halides is 2. The molecule has 1 saturated carbocycles. The van der Waals surface area contributed by atoms with E-state index in [-0.39, 0.29) is 23.3 Å². The number of halogens is 2. The number of hydrogen-bond donors (Lipinski definition) is 3. The highest BCUT2D eigenvalue weighted by Gasteiger charge is 2.27. The minimum Gasteiger partial charge on any atom is -0.435 e. The number of ether oxygens (including phenoxy) is 1. The third-order valence-corrected chi connectivity index (χ3v) is 4.68. The Morgan fingerprint density at radius 3 is 2.67 bits per heavy atom. The van der Waals surface area contributed by atoms with E-state index >= 15 is 0 Å². The molecule has 27 heavy (non-hydrogen) atoms. The molecular weight excluding hydrogens is 356 g/mol. The van der Waals surface area contributed by atoms with Crippen LogP contribution in [0.25, 0.3) is 0 Å². The number of anilines is 2. The van der Waals surface area contributed by atoms with Crippen LogP contribution in [-0.4, -0.2) is 28.5 Å². The van der Waals surface area contributed by atoms with E-state index < -0.39 is 12.5 Å². The second kappa shape index (κ2) is 8.15. The van der Waals surface area contributed by atoms with Crippen molar-refractivity contribution in [2.75, 3.05) is 5.32 Å². The van der Waals surface area contributed by atoms with Crippen LogP contribution in [-0.2, 0) is 0 Å². The molecule has 1 aromatic carbocycles. The molecule has 0 radical (unpaired) electrons. The lowest BCUT2D eigenvalue weighted by Crippen LogP contribution is -2.24. The fraction of sp³-hybridized carbons (Fsp3) is 0.389. The van der Waals surface area contributed by atoms with Crippen molar-refractivity contribution in [1.82, 2.24) is 9.78 Å². The van der Waals surface area contributed by atoms with Gasteiger partial charge in [0, 0.05) is 24.0 Å². The molecule has 0 spiro atoms. The summed E-state index contributed by atoms with van der Waals surface area (Å²) in [5.74, 6) is -0.229. The molecule has 1 fully saturated rings. The maximum atomic E-state index is 12.2. The first-order chi connectivity index (χ1) is 13.0. The maximum absolute atomic E-state index is 12.2. The van der Waals surface area contributed by atoms with Gasteiger partial charge in [0.1, 0.15) is 11.3 Å². The van der Waals surface area contributed by atoms with Crippen LogP contribution in [0.1, 0.15) is 42.1 Å². The number of nitrogens with two attached hydrogens (primary N) is 1. The first-order valence-corrected chi connectivity index (χ1v) is 8.69. The molecule has 2 aromatic rings. The van der Waals surface area contributed by atoms with Crippen molar-refractivity contribution in [1.29, 1.82) is 5.41 Å². The maximum Gasteiger partial charge on any atom is 0.387 e. The number of nitrogens with zero attached hydrogens (tertiary/aromatic N) is 2. The van der Waals surface area contributed by atoms with Crippen molar-refractivity contribution in [2.45, 2.75) is 38.3 Å². The Bertz CT molecular complexity index is 807. The van der Waals surface area contributed by atoms with Crippen LogP contribution < -0.4 is 15.8 Å². The number of carbonyl (C=O) groups excluding carboxylic acids is 1. The predicted molar refractivity (Wildman–Crippen MR) is 96.9 cm³/mol. The molecule has 7 nitrogen and oxygen atoms in total. The highest BCUT2D eigenvalue weighted by atomic mass is 19.3. The quantitative estimate of drug-likeness (QED) is 0.640. The Labute approximate surface area is 155 Å². The standard InChI is InChI=1S/C18H21F2N5O2/c19-18(20)27-13-7-5-12(6-8-13)23-17-14(16(22)26)10-25(24-17)15-4-2-1-3-11(15)9-21/h5-11,15,18,21H,1-4H2,(H2,22,26)(H,23,24)/t11-,15+/m1/s1. The zero-order valence-electron chi connectivity index (χ0n) is 14.6. The van der Waals surface area contributed by atoms with Crippen molar-refractivity contribution in [3.05, 3.63) is 36.0 Å². The van der Waals surface area contributed by atoms with Crippen LogP contribution in [0.2, 0.25) is 0 Å². The zero-order valence-corrected chi connectivity index (χ0v) is 14.6. The van der Waals surface area contributed by atoms with Crippen molar-refractivity contribution in [3.63, 3.8) is 0 Å². The number of hydrogen-bond acceptors (Lipinski definition) is 5. The Balaban J connectivity index is 1.83. The Morgan fingerprint density at radius 2 is 2.04 bits per heavy atom. The summed E-state index contributed by atoms with van der Waals surface area (Å²) >= 11 is 0. The van der Waals surface area contributed by atoms with E-state index in [1.54, 1.807) is 23.0 Å². The van der Waals surface area contributed by atoms with Crippen molar-refractivity contribution < 1.29 is 18.3 Å². The molecule has 4 N–H and O–H groups in total. The van der Waals surface area contributed by atoms with Gasteiger partial charge in [-0.3, -0.25) is 9.48 Å². The summed E-state index contributed by atoms with van der Waals surface area (Å²) in [6.07, 6.45) is 6.93. The third kappa shape index (κ3) is 4.42. The summed E-state index contributed by atoms with van der Waals surface area (Å²) < 4.78 is 30.5. The van der Waals surface area contributed by atoms with Gasteiger partial charge >= 0.3 is 6.61 Å². The van der Waals surface area contributed by atoms with Gasteiger partial charge in [0.15, 0.2) is 5.82 Å². The molecule has 1 aromatic heterocycles. The fourth-order valence-corrected chi connectivity index (χ4v) is 3.35. The van der Waals surface area contributed by atoms with Crippen LogP contribution in [0, 0.1) is 11.3 Å². The molecule has 9 heteroatoms. The van der Waals surface area contributed by atoms with Crippen LogP contribution >= 0.6 is 0 Å². The van der Waals surface area contributed by atoms with E-state index in [1.807, 2.05) is 0 Å². The molecule has 0 aliphatic heterocycles. The average molecular weight is 377 g/mol. The smallest absolute Gasteiger partial charge is 0.387 e. The normalized spacial score (nSPS) is 19.7. The number of primary amides is 1. The SMILES string of the molecule is N=C[C@H]1CCCC[C@@H]1n1cc(C(N)=O)c(Nc2ccc(OC(F)F)cc2)n1. The predicted octanol–water partition coefficient (Wildman–Crippen LogP) is 3.71. The summed E-state index contributed by atoms with van der Waals surface area (Å²) in [5.41, 5.74) is 6.26. The lowest BCUT2D eigenvalue weighted by Gasteiger charge is -2.28. The molecular formula is C18H21F2N5O2. The molecule has 3 rings (SSSR count). The van der Waals surface area contributed by atoms with Crippen LogP contribution in [0.4, 0.5) is 20.3 Å². The van der Waals surface area contributed by atoms with Crippen LogP contribution in [0.15, 0.2) is 30.5 Å². The van der Waals surface area contributed by atoms with E-state index in [0.29, 0.717) is 11.5 Å². The molecule has 0 saturated heterocycles. The molecule has 2 atom stereocenters. The Morgan fingerprint density at radius 1 is 1.33 bits per heavy atom. The second-order valence-corrected chi connectivity index (χ2v) is 6.45. The summed E-state index contributed by atoms with van der Waals surface area (Å²) in [6, 6.07) is 5.88. The minimum atomic E-state index is -2.89. The number of aromatic nitrogens is 2. The van der Waals surface area contributed by atoms with Gasteiger partial charge in [0.25, 0.3) is 5.91 Å². The summed E-state index contributed by atoms with van der Waals surface area (Å²) in [5, 5.41) is 15.1. The molecule has 1 aliphatic carbocycles. The van der Waals surface area contributed by atoms with Crippen molar-refractivity contribution in [2.24, 2.45) is 11.7 Å². The van der Waals surface area contributed by atoms with Gasteiger partial charge in [0.2, 0.25) is 0 Å². The number of carbonyl (C=O) groups is 1. The topological polar surface area (TPSA) is 106 Å². The van der Waals surface area contributed by atoms with Crippen molar-refractivity contribution in [3.8, 4) is 5.75 Å². The van der Waals surface area contributed by atoms with Gasteiger partial charge in [-0.15, -0.1) is 0 Å². The zero-order chi connectivity index (χ0) is 19.4. The lowest BCUT2D eigenvalue weighted by molar-refractivity contribution is -0.0498. The molecule has 0 bridgehead atoms. The minimum absolute atomic E-state index is 0.00622. The van der Waals surface area contributed by atoms with Gasteiger partial charge in [-0.2, -0.15) is 13.9 Å². The molecule has 1 amide bonds. The Hall–Kier alpha value is -2.97. The monoisotopic (exact) mass is 377 g/mol. The summed E-state index contributed by atoms with van der Waals surface area (Å²) in [6.45, 7) is -2.89. The van der Waals surface area contributed by atoms with E-state index in [2.05, 4.69) is 15.2 Å². The van der Waals surface area contributed by atoms with Gasteiger partial charge in [-0.05, 0) is 37.1 Å². The Kier molecular flexibility index (Phi) is 5.68.